The quantitative estimate of drug-likeness (QED) is 0.220. The van der Waals surface area contributed by atoms with Crippen molar-refractivity contribution >= 4 is 11.3 Å². The highest BCUT2D eigenvalue weighted by atomic mass is 32.2. The highest BCUT2D eigenvalue weighted by Gasteiger charge is 1.91. The Balaban J connectivity index is 3.06. The predicted octanol–water partition coefficient (Wildman–Crippen LogP) is 5.41. The van der Waals surface area contributed by atoms with Crippen LogP contribution in [0.3, 0.4) is 0 Å². The minimum atomic E-state index is -2.09. The van der Waals surface area contributed by atoms with Gasteiger partial charge in [-0.05, 0) is 32.1 Å². The number of hydrogen-bond acceptors (Lipinski definition) is 2. The lowest BCUT2D eigenvalue weighted by molar-refractivity contribution is 0.517. The molecular formula is C18H36NO2S-. The molecule has 3 nitrogen and oxygen atoms in total. The molecule has 0 saturated heterocycles. The van der Waals surface area contributed by atoms with Gasteiger partial charge in [0.05, 0.1) is 0 Å². The first kappa shape index (κ1) is 21.8. The van der Waals surface area contributed by atoms with Crippen LogP contribution in [0.2, 0.25) is 0 Å². The van der Waals surface area contributed by atoms with Crippen LogP contribution in [0.15, 0.2) is 12.2 Å². The number of rotatable bonds is 17. The van der Waals surface area contributed by atoms with Crippen molar-refractivity contribution in [1.29, 1.82) is 0 Å². The van der Waals surface area contributed by atoms with Crippen molar-refractivity contribution in [3.05, 3.63) is 12.2 Å². The molecule has 4 heteroatoms. The van der Waals surface area contributed by atoms with Crippen LogP contribution in [0.4, 0.5) is 0 Å². The summed E-state index contributed by atoms with van der Waals surface area (Å²) >= 11 is -2.09. The van der Waals surface area contributed by atoms with Crippen LogP contribution in [-0.4, -0.2) is 15.3 Å². The maximum atomic E-state index is 10.2. The molecule has 0 amide bonds. The summed E-state index contributed by atoms with van der Waals surface area (Å²) in [7, 11) is 0. The van der Waals surface area contributed by atoms with Crippen molar-refractivity contribution in [2.45, 2.75) is 96.8 Å². The van der Waals surface area contributed by atoms with Crippen LogP contribution < -0.4 is 4.72 Å². The van der Waals surface area contributed by atoms with Gasteiger partial charge in [-0.3, -0.25) is 4.21 Å². The van der Waals surface area contributed by atoms with Gasteiger partial charge in [-0.25, -0.2) is 4.72 Å². The first-order valence-corrected chi connectivity index (χ1v) is 10.3. The fourth-order valence-electron chi connectivity index (χ4n) is 2.53. The van der Waals surface area contributed by atoms with Crippen molar-refractivity contribution in [2.75, 3.05) is 6.54 Å². The van der Waals surface area contributed by atoms with E-state index in [1.165, 1.54) is 77.0 Å². The minimum Gasteiger partial charge on any atom is -0.760 e. The van der Waals surface area contributed by atoms with Crippen LogP contribution in [0, 0.1) is 0 Å². The summed E-state index contributed by atoms with van der Waals surface area (Å²) < 4.78 is 22.9. The zero-order chi connectivity index (χ0) is 16.3. The molecule has 1 unspecified atom stereocenters. The Labute approximate surface area is 140 Å². The lowest BCUT2D eigenvalue weighted by Crippen LogP contribution is -2.17. The van der Waals surface area contributed by atoms with Crippen LogP contribution >= 0.6 is 0 Å². The van der Waals surface area contributed by atoms with Gasteiger partial charge < -0.3 is 4.55 Å². The van der Waals surface area contributed by atoms with Crippen molar-refractivity contribution in [3.63, 3.8) is 0 Å². The largest absolute Gasteiger partial charge is 0.760 e. The normalized spacial score (nSPS) is 13.0. The van der Waals surface area contributed by atoms with E-state index in [1.807, 2.05) is 0 Å². The van der Waals surface area contributed by atoms with E-state index in [2.05, 4.69) is 23.8 Å². The number of unbranched alkanes of at least 4 members (excludes halogenated alkanes) is 12. The van der Waals surface area contributed by atoms with E-state index in [0.29, 0.717) is 6.54 Å². The summed E-state index contributed by atoms with van der Waals surface area (Å²) in [4.78, 5) is 0. The van der Waals surface area contributed by atoms with Crippen LogP contribution in [0.25, 0.3) is 0 Å². The van der Waals surface area contributed by atoms with Gasteiger partial charge in [-0.2, -0.15) is 0 Å². The van der Waals surface area contributed by atoms with Gasteiger partial charge in [0.2, 0.25) is 0 Å². The molecule has 0 saturated carbocycles. The van der Waals surface area contributed by atoms with E-state index >= 15 is 0 Å². The van der Waals surface area contributed by atoms with Gasteiger partial charge in [0.1, 0.15) is 0 Å². The molecule has 22 heavy (non-hydrogen) atoms. The molecule has 0 fully saturated rings. The van der Waals surface area contributed by atoms with Crippen molar-refractivity contribution in [2.24, 2.45) is 0 Å². The molecule has 0 aliphatic carbocycles. The molecule has 0 radical (unpaired) electrons. The maximum Gasteiger partial charge on any atom is 0.0181 e. The molecule has 0 aliphatic rings. The predicted molar refractivity (Wildman–Crippen MR) is 96.4 cm³/mol. The van der Waals surface area contributed by atoms with Crippen molar-refractivity contribution in [1.82, 2.24) is 4.72 Å². The Hall–Kier alpha value is -0.190. The second-order valence-corrected chi connectivity index (χ2v) is 6.82. The molecule has 0 rings (SSSR count). The minimum absolute atomic E-state index is 0.581. The Kier molecular flexibility index (Phi) is 18.7. The first-order chi connectivity index (χ1) is 10.8. The average molecular weight is 331 g/mol. The molecule has 0 aliphatic heterocycles. The molecule has 0 aromatic carbocycles. The van der Waals surface area contributed by atoms with E-state index < -0.39 is 11.3 Å². The average Bonchev–Trinajstić information content (AvgIpc) is 2.50. The highest BCUT2D eigenvalue weighted by Crippen LogP contribution is 2.09. The lowest BCUT2D eigenvalue weighted by atomic mass is 10.1. The SMILES string of the molecule is CCCCCCCCC=CCCCCCCCCNS(=O)[O-]. The Morgan fingerprint density at radius 3 is 1.73 bits per heavy atom. The first-order valence-electron chi connectivity index (χ1n) is 9.25. The van der Waals surface area contributed by atoms with Crippen LogP contribution in [-0.2, 0) is 11.3 Å². The summed E-state index contributed by atoms with van der Waals surface area (Å²) in [5, 5.41) is 0. The zero-order valence-electron chi connectivity index (χ0n) is 14.5. The fraction of sp³-hybridized carbons (Fsp3) is 0.889. The third kappa shape index (κ3) is 19.8. The summed E-state index contributed by atoms with van der Waals surface area (Å²) in [6.45, 7) is 2.84. The van der Waals surface area contributed by atoms with Crippen LogP contribution in [0.5, 0.6) is 0 Å². The van der Waals surface area contributed by atoms with E-state index in [-0.39, 0.29) is 0 Å². The van der Waals surface area contributed by atoms with Gasteiger partial charge in [0.25, 0.3) is 0 Å². The molecule has 0 bridgehead atoms. The van der Waals surface area contributed by atoms with Crippen LogP contribution in [0.1, 0.15) is 96.8 Å². The number of hydrogen-bond donors (Lipinski definition) is 1. The fourth-order valence-corrected chi connectivity index (χ4v) is 2.84. The highest BCUT2D eigenvalue weighted by molar-refractivity contribution is 7.77. The Bertz CT molecular complexity index is 270. The zero-order valence-corrected chi connectivity index (χ0v) is 15.3. The molecule has 0 aromatic heterocycles. The number of nitrogens with one attached hydrogen (secondary N) is 1. The van der Waals surface area contributed by atoms with Gasteiger partial charge in [0, 0.05) is 17.8 Å². The maximum absolute atomic E-state index is 10.2. The smallest absolute Gasteiger partial charge is 0.0181 e. The Morgan fingerprint density at radius 2 is 1.23 bits per heavy atom. The second kappa shape index (κ2) is 18.9. The van der Waals surface area contributed by atoms with E-state index in [9.17, 15) is 8.76 Å². The Morgan fingerprint density at radius 1 is 0.773 bits per heavy atom. The summed E-state index contributed by atoms with van der Waals surface area (Å²) in [6, 6.07) is 0. The van der Waals surface area contributed by atoms with Gasteiger partial charge >= 0.3 is 0 Å². The van der Waals surface area contributed by atoms with Gasteiger partial charge in [0.15, 0.2) is 0 Å². The number of allylic oxidation sites excluding steroid dienone is 2. The monoisotopic (exact) mass is 330 g/mol. The van der Waals surface area contributed by atoms with E-state index in [1.54, 1.807) is 0 Å². The standard InChI is InChI=1S/C18H37NO2S/c1-2-3-4-5-6-7-8-9-10-11-12-13-14-15-16-17-18-19-22(20)21/h9-10,19H,2-8,11-18H2,1H3,(H,20,21)/p-1. The third-order valence-electron chi connectivity index (χ3n) is 3.91. The molecule has 0 heterocycles. The van der Waals surface area contributed by atoms with Gasteiger partial charge in [-0.1, -0.05) is 76.9 Å². The molecule has 0 aromatic rings. The second-order valence-electron chi connectivity index (χ2n) is 6.07. The van der Waals surface area contributed by atoms with Gasteiger partial charge in [-0.15, -0.1) is 0 Å². The molecule has 132 valence electrons. The van der Waals surface area contributed by atoms with Crippen molar-refractivity contribution < 1.29 is 8.76 Å². The van der Waals surface area contributed by atoms with Crippen molar-refractivity contribution in [3.8, 4) is 0 Å². The van der Waals surface area contributed by atoms with E-state index in [0.717, 1.165) is 12.8 Å². The molecule has 0 spiro atoms. The summed E-state index contributed by atoms with van der Waals surface area (Å²) in [5.74, 6) is 0. The summed E-state index contributed by atoms with van der Waals surface area (Å²) in [5.41, 5.74) is 0. The third-order valence-corrected chi connectivity index (χ3v) is 4.35. The summed E-state index contributed by atoms with van der Waals surface area (Å²) in [6.07, 6.45) is 22.6. The topological polar surface area (TPSA) is 52.2 Å². The molecular weight excluding hydrogens is 294 g/mol. The molecule has 1 N–H and O–H groups in total. The van der Waals surface area contributed by atoms with E-state index in [4.69, 9.17) is 0 Å². The molecule has 1 atom stereocenters. The lowest BCUT2D eigenvalue weighted by Gasteiger charge is -2.06.